The number of pyridine rings is 1. The molecule has 1 aromatic carbocycles. The van der Waals surface area contributed by atoms with Crippen molar-refractivity contribution in [2.75, 3.05) is 54.5 Å². The molecule has 8 nitrogen and oxygen atoms in total. The van der Waals surface area contributed by atoms with Crippen molar-refractivity contribution in [2.45, 2.75) is 32.7 Å². The number of nitrogens with zero attached hydrogens (tertiary/aromatic N) is 6. The van der Waals surface area contributed by atoms with Crippen LogP contribution in [0.15, 0.2) is 53.2 Å². The van der Waals surface area contributed by atoms with Crippen LogP contribution in [-0.2, 0) is 0 Å². The number of rotatable bonds is 7. The average Bonchev–Trinajstić information content (AvgIpc) is 3.40. The number of benzene rings is 1. The number of fused-ring (bicyclic) bond motifs is 1. The molecule has 1 atom stereocenters. The van der Waals surface area contributed by atoms with E-state index in [1.54, 1.807) is 11.2 Å². The van der Waals surface area contributed by atoms with Crippen LogP contribution in [0.5, 0.6) is 0 Å². The van der Waals surface area contributed by atoms with Gasteiger partial charge in [0.15, 0.2) is 11.6 Å². The molecular formula is C27H33FN8. The normalized spacial score (nSPS) is 20.5. The minimum Gasteiger partial charge on any atom is -0.359 e. The van der Waals surface area contributed by atoms with Gasteiger partial charge in [-0.25, -0.2) is 14.4 Å². The van der Waals surface area contributed by atoms with E-state index in [1.807, 2.05) is 11.1 Å². The second-order valence-electron chi connectivity index (χ2n) is 10.4. The Bertz CT molecular complexity index is 1320. The molecule has 0 amide bonds. The fourth-order valence-electron chi connectivity index (χ4n) is 5.05. The summed E-state index contributed by atoms with van der Waals surface area (Å²) in [5.41, 5.74) is 5.86. The van der Waals surface area contributed by atoms with Crippen molar-refractivity contribution < 1.29 is 4.39 Å². The van der Waals surface area contributed by atoms with Crippen molar-refractivity contribution >= 4 is 28.1 Å². The van der Waals surface area contributed by atoms with Crippen molar-refractivity contribution in [1.82, 2.24) is 14.9 Å². The monoisotopic (exact) mass is 488 g/mol. The standard InChI is InChI=1S/C27H33FN8/c1-17-10-22-24(11-18(17)2)29-14-25(22)31-19(3)26-16-36(33-32-26)21-12-23(28)27(30-13-21)35-8-6-34(7-9-35)15-20-4-5-20/h10-14,20,26,29,31H,3-9,15-16H2,1-2H3. The lowest BCUT2D eigenvalue weighted by Gasteiger charge is -2.35. The quantitative estimate of drug-likeness (QED) is 0.488. The van der Waals surface area contributed by atoms with Gasteiger partial charge >= 0.3 is 0 Å². The molecule has 1 aliphatic carbocycles. The first kappa shape index (κ1) is 23.0. The van der Waals surface area contributed by atoms with Gasteiger partial charge in [-0.2, -0.15) is 5.11 Å². The lowest BCUT2D eigenvalue weighted by molar-refractivity contribution is 0.247. The summed E-state index contributed by atoms with van der Waals surface area (Å²) in [6.07, 6.45) is 6.36. The van der Waals surface area contributed by atoms with Gasteiger partial charge in [0.05, 0.1) is 24.1 Å². The Kier molecular flexibility index (Phi) is 5.87. The van der Waals surface area contributed by atoms with E-state index in [9.17, 15) is 0 Å². The topological polar surface area (TPSA) is 75.2 Å². The van der Waals surface area contributed by atoms with Crippen LogP contribution in [0.3, 0.4) is 0 Å². The van der Waals surface area contributed by atoms with Crippen molar-refractivity contribution in [3.63, 3.8) is 0 Å². The van der Waals surface area contributed by atoms with Crippen LogP contribution >= 0.6 is 0 Å². The summed E-state index contributed by atoms with van der Waals surface area (Å²) < 4.78 is 15.1. The molecule has 6 rings (SSSR count). The van der Waals surface area contributed by atoms with E-state index >= 15 is 4.39 Å². The maximum Gasteiger partial charge on any atom is 0.167 e. The smallest absolute Gasteiger partial charge is 0.167 e. The van der Waals surface area contributed by atoms with E-state index in [2.05, 4.69) is 63.1 Å². The highest BCUT2D eigenvalue weighted by Crippen LogP contribution is 2.32. The Labute approximate surface area is 210 Å². The highest BCUT2D eigenvalue weighted by molar-refractivity contribution is 5.94. The zero-order valence-corrected chi connectivity index (χ0v) is 21.0. The Balaban J connectivity index is 1.08. The first-order valence-electron chi connectivity index (χ1n) is 12.8. The molecule has 3 aromatic rings. The van der Waals surface area contributed by atoms with Crippen LogP contribution in [-0.4, -0.2) is 60.2 Å². The van der Waals surface area contributed by atoms with Crippen LogP contribution in [0.4, 0.5) is 21.6 Å². The van der Waals surface area contributed by atoms with Gasteiger partial charge in [0.2, 0.25) is 0 Å². The molecule has 1 saturated heterocycles. The number of anilines is 3. The molecule has 0 radical (unpaired) electrons. The lowest BCUT2D eigenvalue weighted by Crippen LogP contribution is -2.47. The Morgan fingerprint density at radius 3 is 2.67 bits per heavy atom. The second kappa shape index (κ2) is 9.20. The molecule has 2 fully saturated rings. The molecule has 0 bridgehead atoms. The van der Waals surface area contributed by atoms with Gasteiger partial charge in [0, 0.05) is 61.6 Å². The summed E-state index contributed by atoms with van der Waals surface area (Å²) in [6, 6.07) is 5.59. The van der Waals surface area contributed by atoms with Crippen LogP contribution in [0, 0.1) is 25.6 Å². The summed E-state index contributed by atoms with van der Waals surface area (Å²) in [7, 11) is 0. The van der Waals surface area contributed by atoms with E-state index in [0.717, 1.165) is 54.4 Å². The maximum absolute atomic E-state index is 15.1. The third-order valence-corrected chi connectivity index (χ3v) is 7.63. The van der Waals surface area contributed by atoms with Crippen molar-refractivity contribution in [2.24, 2.45) is 16.3 Å². The molecule has 1 saturated carbocycles. The van der Waals surface area contributed by atoms with Gasteiger partial charge < -0.3 is 15.2 Å². The highest BCUT2D eigenvalue weighted by atomic mass is 19.1. The average molecular weight is 489 g/mol. The van der Waals surface area contributed by atoms with E-state index in [0.29, 0.717) is 18.1 Å². The van der Waals surface area contributed by atoms with Crippen LogP contribution in [0.25, 0.3) is 10.9 Å². The van der Waals surface area contributed by atoms with Gasteiger partial charge in [0.1, 0.15) is 6.04 Å². The number of hydrogen-bond acceptors (Lipinski definition) is 7. The minimum absolute atomic E-state index is 0.247. The van der Waals surface area contributed by atoms with Gasteiger partial charge in [0.25, 0.3) is 0 Å². The molecule has 9 heteroatoms. The zero-order chi connectivity index (χ0) is 24.8. The molecule has 2 aliphatic heterocycles. The first-order chi connectivity index (χ1) is 17.4. The van der Waals surface area contributed by atoms with E-state index in [-0.39, 0.29) is 11.9 Å². The van der Waals surface area contributed by atoms with E-state index in [4.69, 9.17) is 0 Å². The van der Waals surface area contributed by atoms with E-state index < -0.39 is 0 Å². The van der Waals surface area contributed by atoms with Gasteiger partial charge in [-0.15, -0.1) is 0 Å². The summed E-state index contributed by atoms with van der Waals surface area (Å²) >= 11 is 0. The second-order valence-corrected chi connectivity index (χ2v) is 10.4. The first-order valence-corrected chi connectivity index (χ1v) is 12.8. The van der Waals surface area contributed by atoms with Crippen LogP contribution in [0.2, 0.25) is 0 Å². The predicted octanol–water partition coefficient (Wildman–Crippen LogP) is 5.03. The molecular weight excluding hydrogens is 455 g/mol. The van der Waals surface area contributed by atoms with Crippen LogP contribution in [0.1, 0.15) is 24.0 Å². The molecule has 2 N–H and O–H groups in total. The Morgan fingerprint density at radius 1 is 1.14 bits per heavy atom. The highest BCUT2D eigenvalue weighted by Gasteiger charge is 2.28. The van der Waals surface area contributed by atoms with Crippen molar-refractivity contribution in [1.29, 1.82) is 0 Å². The van der Waals surface area contributed by atoms with E-state index in [1.165, 1.54) is 36.6 Å². The number of nitrogens with one attached hydrogen (secondary N) is 2. The van der Waals surface area contributed by atoms with Gasteiger partial charge in [-0.05, 0) is 55.9 Å². The minimum atomic E-state index is -0.316. The third-order valence-electron chi connectivity index (χ3n) is 7.63. The fourth-order valence-corrected chi connectivity index (χ4v) is 5.05. The third kappa shape index (κ3) is 4.55. The molecule has 2 aromatic heterocycles. The maximum atomic E-state index is 15.1. The largest absolute Gasteiger partial charge is 0.359 e. The molecule has 3 aliphatic rings. The summed E-state index contributed by atoms with van der Waals surface area (Å²) in [4.78, 5) is 12.3. The number of halogens is 1. The number of aromatic nitrogens is 2. The molecule has 0 spiro atoms. The number of H-pyrrole nitrogens is 1. The number of piperazine rings is 1. The number of hydrogen-bond donors (Lipinski definition) is 2. The van der Waals surface area contributed by atoms with Gasteiger partial charge in [-0.1, -0.05) is 11.8 Å². The summed E-state index contributed by atoms with van der Waals surface area (Å²) in [6.45, 7) is 13.6. The molecule has 36 heavy (non-hydrogen) atoms. The molecule has 188 valence electrons. The molecule has 1 unspecified atom stereocenters. The molecule has 4 heterocycles. The number of aromatic amines is 1. The Hall–Kier alpha value is -3.46. The fraction of sp³-hybridized carbons (Fsp3) is 0.444. The lowest BCUT2D eigenvalue weighted by atomic mass is 10.1. The van der Waals surface area contributed by atoms with Crippen molar-refractivity contribution in [3.05, 3.63) is 59.8 Å². The summed E-state index contributed by atoms with van der Waals surface area (Å²) in [5, 5.41) is 14.9. The zero-order valence-electron chi connectivity index (χ0n) is 21.0. The SMILES string of the molecule is C=C(Nc1c[nH]c2cc(C)c(C)cc12)C1CN(c2cnc(N3CCN(CC4CC4)CC3)c(F)c2)N=N1. The summed E-state index contributed by atoms with van der Waals surface area (Å²) in [5.74, 6) is 0.989. The van der Waals surface area contributed by atoms with Crippen LogP contribution < -0.4 is 15.2 Å². The van der Waals surface area contributed by atoms with Gasteiger partial charge in [-0.3, -0.25) is 4.90 Å². The van der Waals surface area contributed by atoms with Crippen molar-refractivity contribution in [3.8, 4) is 0 Å². The Morgan fingerprint density at radius 2 is 1.92 bits per heavy atom. The predicted molar refractivity (Wildman–Crippen MR) is 142 cm³/mol. The number of aryl methyl sites for hydroxylation is 2.